The summed E-state index contributed by atoms with van der Waals surface area (Å²) in [7, 11) is 3.25. The van der Waals surface area contributed by atoms with Gasteiger partial charge in [-0.25, -0.2) is 0 Å². The lowest BCUT2D eigenvalue weighted by Crippen LogP contribution is -2.06. The Morgan fingerprint density at radius 1 is 1.47 bits per heavy atom. The van der Waals surface area contributed by atoms with Crippen molar-refractivity contribution in [1.29, 1.82) is 0 Å². The van der Waals surface area contributed by atoms with E-state index in [4.69, 9.17) is 10.5 Å². The lowest BCUT2D eigenvalue weighted by atomic mass is 10.1. The maximum absolute atomic E-state index is 12.2. The highest BCUT2D eigenvalue weighted by molar-refractivity contribution is 6.11. The number of methoxy groups -OCH3 is 1. The maximum Gasteiger partial charge on any atom is 0.198 e. The summed E-state index contributed by atoms with van der Waals surface area (Å²) in [6.07, 6.45) is 1.47. The predicted octanol–water partition coefficient (Wildman–Crippen LogP) is 1.24. The standard InChI is InChI=1S/C12H13N3O2/c1-15-12(13)10(7-14-15)11(16)8-4-3-5-9(6-8)17-2/h3-7H,13H2,1-2H3. The number of rotatable bonds is 3. The molecule has 0 amide bonds. The monoisotopic (exact) mass is 231 g/mol. The van der Waals surface area contributed by atoms with Crippen molar-refractivity contribution in [3.05, 3.63) is 41.6 Å². The van der Waals surface area contributed by atoms with Crippen LogP contribution in [0.15, 0.2) is 30.5 Å². The average Bonchev–Trinajstić information content (AvgIpc) is 2.69. The number of nitrogens with two attached hydrogens (primary N) is 1. The van der Waals surface area contributed by atoms with Gasteiger partial charge in [0.25, 0.3) is 0 Å². The molecule has 0 saturated heterocycles. The van der Waals surface area contributed by atoms with E-state index in [0.29, 0.717) is 22.7 Å². The molecule has 17 heavy (non-hydrogen) atoms. The summed E-state index contributed by atoms with van der Waals surface area (Å²) in [6.45, 7) is 0. The molecule has 0 saturated carbocycles. The van der Waals surface area contributed by atoms with Gasteiger partial charge < -0.3 is 10.5 Å². The van der Waals surface area contributed by atoms with Crippen LogP contribution in [-0.4, -0.2) is 22.7 Å². The fourth-order valence-corrected chi connectivity index (χ4v) is 1.54. The highest BCUT2D eigenvalue weighted by Gasteiger charge is 2.15. The molecule has 1 heterocycles. The van der Waals surface area contributed by atoms with E-state index in [1.54, 1.807) is 38.4 Å². The van der Waals surface area contributed by atoms with Crippen LogP contribution in [0.5, 0.6) is 5.75 Å². The van der Waals surface area contributed by atoms with Crippen LogP contribution in [0.25, 0.3) is 0 Å². The number of carbonyl (C=O) groups excluding carboxylic acids is 1. The fourth-order valence-electron chi connectivity index (χ4n) is 1.54. The Balaban J connectivity index is 2.40. The molecule has 0 radical (unpaired) electrons. The fraction of sp³-hybridized carbons (Fsp3) is 0.167. The zero-order chi connectivity index (χ0) is 12.4. The number of ether oxygens (including phenoxy) is 1. The van der Waals surface area contributed by atoms with Crippen molar-refractivity contribution < 1.29 is 9.53 Å². The normalized spacial score (nSPS) is 10.2. The number of hydrogen-bond donors (Lipinski definition) is 1. The van der Waals surface area contributed by atoms with E-state index in [1.807, 2.05) is 0 Å². The smallest absolute Gasteiger partial charge is 0.198 e. The molecule has 1 aromatic heterocycles. The molecule has 0 fully saturated rings. The van der Waals surface area contributed by atoms with Crippen molar-refractivity contribution in [3.63, 3.8) is 0 Å². The van der Waals surface area contributed by atoms with Crippen LogP contribution in [0.2, 0.25) is 0 Å². The third-order valence-corrected chi connectivity index (χ3v) is 2.56. The molecular formula is C12H13N3O2. The van der Waals surface area contributed by atoms with Gasteiger partial charge >= 0.3 is 0 Å². The van der Waals surface area contributed by atoms with Crippen molar-refractivity contribution in [1.82, 2.24) is 9.78 Å². The van der Waals surface area contributed by atoms with Crippen LogP contribution in [0.3, 0.4) is 0 Å². The van der Waals surface area contributed by atoms with Crippen LogP contribution in [0.4, 0.5) is 5.82 Å². The Labute approximate surface area is 98.8 Å². The number of ketones is 1. The Morgan fingerprint density at radius 2 is 2.24 bits per heavy atom. The summed E-state index contributed by atoms with van der Waals surface area (Å²) < 4.78 is 6.54. The zero-order valence-corrected chi connectivity index (χ0v) is 9.68. The highest BCUT2D eigenvalue weighted by atomic mass is 16.5. The van der Waals surface area contributed by atoms with Crippen LogP contribution in [0, 0.1) is 0 Å². The molecule has 0 aliphatic heterocycles. The van der Waals surface area contributed by atoms with Crippen LogP contribution >= 0.6 is 0 Å². The molecule has 88 valence electrons. The molecule has 5 nitrogen and oxygen atoms in total. The average molecular weight is 231 g/mol. The number of aromatic nitrogens is 2. The number of hydrogen-bond acceptors (Lipinski definition) is 4. The number of carbonyl (C=O) groups is 1. The van der Waals surface area contributed by atoms with E-state index in [0.717, 1.165) is 0 Å². The van der Waals surface area contributed by atoms with Gasteiger partial charge in [-0.05, 0) is 12.1 Å². The van der Waals surface area contributed by atoms with Gasteiger partial charge in [-0.2, -0.15) is 5.10 Å². The minimum Gasteiger partial charge on any atom is -0.497 e. The Bertz CT molecular complexity index is 561. The lowest BCUT2D eigenvalue weighted by Gasteiger charge is -2.03. The molecule has 0 bridgehead atoms. The van der Waals surface area contributed by atoms with Gasteiger partial charge in [0.05, 0.1) is 18.9 Å². The van der Waals surface area contributed by atoms with E-state index in [2.05, 4.69) is 5.10 Å². The second kappa shape index (κ2) is 4.29. The second-order valence-corrected chi connectivity index (χ2v) is 3.63. The van der Waals surface area contributed by atoms with E-state index < -0.39 is 0 Å². The van der Waals surface area contributed by atoms with Crippen molar-refractivity contribution in [2.24, 2.45) is 7.05 Å². The topological polar surface area (TPSA) is 70.1 Å². The number of nitrogen functional groups attached to an aromatic ring is 1. The molecule has 0 atom stereocenters. The number of anilines is 1. The summed E-state index contributed by atoms with van der Waals surface area (Å²) >= 11 is 0. The second-order valence-electron chi connectivity index (χ2n) is 3.63. The van der Waals surface area contributed by atoms with E-state index in [-0.39, 0.29) is 5.78 Å². The first-order valence-electron chi connectivity index (χ1n) is 5.09. The number of nitrogens with zero attached hydrogens (tertiary/aromatic N) is 2. The van der Waals surface area contributed by atoms with Crippen molar-refractivity contribution in [2.45, 2.75) is 0 Å². The van der Waals surface area contributed by atoms with Crippen LogP contribution < -0.4 is 10.5 Å². The van der Waals surface area contributed by atoms with Crippen molar-refractivity contribution >= 4 is 11.6 Å². The Morgan fingerprint density at radius 3 is 2.82 bits per heavy atom. The molecule has 2 rings (SSSR count). The molecule has 0 aliphatic carbocycles. The molecule has 0 spiro atoms. The predicted molar refractivity (Wildman–Crippen MR) is 64.0 cm³/mol. The highest BCUT2D eigenvalue weighted by Crippen LogP contribution is 2.19. The first-order valence-corrected chi connectivity index (χ1v) is 5.09. The third-order valence-electron chi connectivity index (χ3n) is 2.56. The summed E-state index contributed by atoms with van der Waals surface area (Å²) in [4.78, 5) is 12.2. The quantitative estimate of drug-likeness (QED) is 0.807. The summed E-state index contributed by atoms with van der Waals surface area (Å²) in [5, 5.41) is 3.94. The largest absolute Gasteiger partial charge is 0.497 e. The van der Waals surface area contributed by atoms with Crippen LogP contribution in [0.1, 0.15) is 15.9 Å². The molecule has 2 aromatic rings. The molecule has 0 unspecified atom stereocenters. The van der Waals surface area contributed by atoms with Gasteiger partial charge in [0.2, 0.25) is 0 Å². The van der Waals surface area contributed by atoms with Crippen molar-refractivity contribution in [2.75, 3.05) is 12.8 Å². The SMILES string of the molecule is COc1cccc(C(=O)c2cnn(C)c2N)c1. The van der Waals surface area contributed by atoms with Gasteiger partial charge in [0, 0.05) is 12.6 Å². The molecular weight excluding hydrogens is 218 g/mol. The Kier molecular flexibility index (Phi) is 2.82. The van der Waals surface area contributed by atoms with Crippen molar-refractivity contribution in [3.8, 4) is 5.75 Å². The van der Waals surface area contributed by atoms with Gasteiger partial charge in [-0.3, -0.25) is 9.48 Å². The van der Waals surface area contributed by atoms with E-state index in [1.165, 1.54) is 10.9 Å². The summed E-state index contributed by atoms with van der Waals surface area (Å²) in [6, 6.07) is 6.94. The zero-order valence-electron chi connectivity index (χ0n) is 9.68. The summed E-state index contributed by atoms with van der Waals surface area (Å²) in [5.74, 6) is 0.839. The van der Waals surface area contributed by atoms with E-state index in [9.17, 15) is 4.79 Å². The number of aryl methyl sites for hydroxylation is 1. The molecule has 5 heteroatoms. The van der Waals surface area contributed by atoms with E-state index >= 15 is 0 Å². The minimum atomic E-state index is -0.158. The number of benzene rings is 1. The first kappa shape index (κ1) is 11.2. The van der Waals surface area contributed by atoms with Gasteiger partial charge in [0.15, 0.2) is 5.78 Å². The maximum atomic E-state index is 12.2. The molecule has 1 aromatic carbocycles. The van der Waals surface area contributed by atoms with Gasteiger partial charge in [0.1, 0.15) is 11.6 Å². The van der Waals surface area contributed by atoms with Gasteiger partial charge in [-0.15, -0.1) is 0 Å². The third kappa shape index (κ3) is 1.99. The first-order chi connectivity index (χ1) is 8.13. The molecule has 0 aliphatic rings. The van der Waals surface area contributed by atoms with Gasteiger partial charge in [-0.1, -0.05) is 12.1 Å². The Hall–Kier alpha value is -2.30. The van der Waals surface area contributed by atoms with Crippen LogP contribution in [-0.2, 0) is 7.05 Å². The minimum absolute atomic E-state index is 0.158. The molecule has 2 N–H and O–H groups in total. The lowest BCUT2D eigenvalue weighted by molar-refractivity contribution is 0.103. The summed E-state index contributed by atoms with van der Waals surface area (Å²) in [5.41, 5.74) is 6.69.